The Hall–Kier alpha value is -2.64. The molecular weight excluding hydrogens is 395 g/mol. The van der Waals surface area contributed by atoms with Crippen molar-refractivity contribution in [2.45, 2.75) is 0 Å². The fourth-order valence-electron chi connectivity index (χ4n) is 2.29. The van der Waals surface area contributed by atoms with Gasteiger partial charge in [-0.3, -0.25) is 4.79 Å². The minimum Gasteiger partial charge on any atom is -0.496 e. The number of ether oxygens (including phenoxy) is 4. The minimum absolute atomic E-state index is 0.274. The van der Waals surface area contributed by atoms with Crippen molar-refractivity contribution in [2.75, 3.05) is 28.4 Å². The minimum atomic E-state index is -0.477. The molecule has 2 rings (SSSR count). The maximum absolute atomic E-state index is 12.4. The van der Waals surface area contributed by atoms with Gasteiger partial charge in [-0.15, -0.1) is 0 Å². The van der Waals surface area contributed by atoms with E-state index >= 15 is 0 Å². The number of nitrogens with one attached hydrogen (secondary N) is 1. The third-order valence-corrected chi connectivity index (χ3v) is 4.09. The molecular formula is C18H18Cl2N2O5. The van der Waals surface area contributed by atoms with Crippen molar-refractivity contribution in [3.8, 4) is 23.0 Å². The highest BCUT2D eigenvalue weighted by Crippen LogP contribution is 2.38. The summed E-state index contributed by atoms with van der Waals surface area (Å²) in [4.78, 5) is 12.4. The van der Waals surface area contributed by atoms with Gasteiger partial charge in [-0.1, -0.05) is 23.2 Å². The summed E-state index contributed by atoms with van der Waals surface area (Å²) >= 11 is 12.1. The number of benzene rings is 2. The fraction of sp³-hybridized carbons (Fsp3) is 0.222. The molecule has 0 bridgehead atoms. The number of hydrazone groups is 1. The van der Waals surface area contributed by atoms with E-state index in [0.29, 0.717) is 38.6 Å². The number of carbonyl (C=O) groups excluding carboxylic acids is 1. The van der Waals surface area contributed by atoms with Crippen molar-refractivity contribution in [3.63, 3.8) is 0 Å². The van der Waals surface area contributed by atoms with Gasteiger partial charge in [0.1, 0.15) is 5.75 Å². The summed E-state index contributed by atoms with van der Waals surface area (Å²) < 4.78 is 20.9. The zero-order valence-corrected chi connectivity index (χ0v) is 16.6. The highest BCUT2D eigenvalue weighted by atomic mass is 35.5. The summed E-state index contributed by atoms with van der Waals surface area (Å²) in [5, 5.41) is 4.69. The van der Waals surface area contributed by atoms with Gasteiger partial charge >= 0.3 is 0 Å². The molecule has 2 aromatic rings. The van der Waals surface area contributed by atoms with Gasteiger partial charge in [0.2, 0.25) is 5.75 Å². The van der Waals surface area contributed by atoms with E-state index in [2.05, 4.69) is 10.5 Å². The maximum Gasteiger partial charge on any atom is 0.271 e. The quantitative estimate of drug-likeness (QED) is 0.552. The van der Waals surface area contributed by atoms with E-state index in [1.807, 2.05) is 0 Å². The number of carbonyl (C=O) groups is 1. The predicted molar refractivity (Wildman–Crippen MR) is 104 cm³/mol. The molecule has 27 heavy (non-hydrogen) atoms. The molecule has 0 spiro atoms. The molecule has 9 heteroatoms. The SMILES string of the molecule is COc1cc(Cl)cc(Cl)c1/C=N\NC(=O)c1cc(OC)c(OC)c(OC)c1. The van der Waals surface area contributed by atoms with Crippen molar-refractivity contribution >= 4 is 35.3 Å². The average Bonchev–Trinajstić information content (AvgIpc) is 2.67. The first-order valence-electron chi connectivity index (χ1n) is 7.61. The Labute approximate surface area is 166 Å². The third kappa shape index (κ3) is 4.75. The number of methoxy groups -OCH3 is 4. The lowest BCUT2D eigenvalue weighted by molar-refractivity contribution is 0.0954. The largest absolute Gasteiger partial charge is 0.496 e. The van der Waals surface area contributed by atoms with Crippen molar-refractivity contribution in [2.24, 2.45) is 5.10 Å². The van der Waals surface area contributed by atoms with Crippen LogP contribution >= 0.6 is 23.2 Å². The first-order valence-corrected chi connectivity index (χ1v) is 8.37. The van der Waals surface area contributed by atoms with Crippen LogP contribution in [0.2, 0.25) is 10.0 Å². The van der Waals surface area contributed by atoms with Crippen LogP contribution in [0.5, 0.6) is 23.0 Å². The van der Waals surface area contributed by atoms with Crippen molar-refractivity contribution in [1.82, 2.24) is 5.43 Å². The van der Waals surface area contributed by atoms with Gasteiger partial charge in [0.15, 0.2) is 11.5 Å². The van der Waals surface area contributed by atoms with E-state index in [0.717, 1.165) is 0 Å². The number of hydrogen-bond donors (Lipinski definition) is 1. The molecule has 1 amide bonds. The van der Waals surface area contributed by atoms with Crippen LogP contribution in [-0.4, -0.2) is 40.6 Å². The number of amides is 1. The molecule has 0 aliphatic heterocycles. The highest BCUT2D eigenvalue weighted by Gasteiger charge is 2.17. The maximum atomic E-state index is 12.4. The van der Waals surface area contributed by atoms with Crippen LogP contribution in [0, 0.1) is 0 Å². The van der Waals surface area contributed by atoms with Crippen LogP contribution in [0.15, 0.2) is 29.4 Å². The second-order valence-electron chi connectivity index (χ2n) is 5.12. The Balaban J connectivity index is 2.25. The summed E-state index contributed by atoms with van der Waals surface area (Å²) in [6.07, 6.45) is 1.37. The van der Waals surface area contributed by atoms with Gasteiger partial charge in [0.25, 0.3) is 5.91 Å². The monoisotopic (exact) mass is 412 g/mol. The molecule has 0 heterocycles. The third-order valence-electron chi connectivity index (χ3n) is 3.56. The van der Waals surface area contributed by atoms with E-state index in [4.69, 9.17) is 42.1 Å². The standard InChI is InChI=1S/C18H18Cl2N2O5/c1-24-14-8-11(19)7-13(20)12(14)9-21-22-18(23)10-5-15(25-2)17(27-4)16(6-10)26-3/h5-9H,1-4H3,(H,22,23)/b21-9-. The van der Waals surface area contributed by atoms with Crippen molar-refractivity contribution in [1.29, 1.82) is 0 Å². The lowest BCUT2D eigenvalue weighted by Crippen LogP contribution is -2.18. The molecule has 0 saturated carbocycles. The van der Waals surface area contributed by atoms with E-state index < -0.39 is 5.91 Å². The molecule has 0 radical (unpaired) electrons. The van der Waals surface area contributed by atoms with Crippen LogP contribution in [-0.2, 0) is 0 Å². The fourth-order valence-corrected chi connectivity index (χ4v) is 2.81. The predicted octanol–water partition coefficient (Wildman–Crippen LogP) is 3.79. The van der Waals surface area contributed by atoms with Gasteiger partial charge in [-0.05, 0) is 24.3 Å². The van der Waals surface area contributed by atoms with Gasteiger partial charge in [-0.25, -0.2) is 5.43 Å². The summed E-state index contributed by atoms with van der Waals surface area (Å²) in [7, 11) is 5.89. The zero-order valence-electron chi connectivity index (χ0n) is 15.1. The van der Waals surface area contributed by atoms with Gasteiger partial charge in [0.05, 0.1) is 45.2 Å². The molecule has 0 atom stereocenters. The number of hydrogen-bond acceptors (Lipinski definition) is 6. The lowest BCUT2D eigenvalue weighted by atomic mass is 10.1. The average molecular weight is 413 g/mol. The van der Waals surface area contributed by atoms with E-state index in [1.54, 1.807) is 12.1 Å². The summed E-state index contributed by atoms with van der Waals surface area (Å²) in [5.74, 6) is 1.05. The van der Waals surface area contributed by atoms with Gasteiger partial charge in [0, 0.05) is 10.6 Å². The zero-order chi connectivity index (χ0) is 20.0. The van der Waals surface area contributed by atoms with Crippen molar-refractivity contribution < 1.29 is 23.7 Å². The lowest BCUT2D eigenvalue weighted by Gasteiger charge is -2.13. The number of nitrogens with zero attached hydrogens (tertiary/aromatic N) is 1. The Morgan fingerprint density at radius 2 is 1.52 bits per heavy atom. The summed E-state index contributed by atoms with van der Waals surface area (Å²) in [5.41, 5.74) is 3.17. The van der Waals surface area contributed by atoms with E-state index in [-0.39, 0.29) is 5.56 Å². The molecule has 0 aliphatic carbocycles. The van der Waals surface area contributed by atoms with Crippen LogP contribution in [0.4, 0.5) is 0 Å². The molecule has 2 aromatic carbocycles. The van der Waals surface area contributed by atoms with E-state index in [9.17, 15) is 4.79 Å². The molecule has 144 valence electrons. The van der Waals surface area contributed by atoms with Crippen LogP contribution in [0.25, 0.3) is 0 Å². The smallest absolute Gasteiger partial charge is 0.271 e. The molecule has 0 aliphatic rings. The Morgan fingerprint density at radius 3 is 2.04 bits per heavy atom. The highest BCUT2D eigenvalue weighted by molar-refractivity contribution is 6.36. The summed E-state index contributed by atoms with van der Waals surface area (Å²) in [6, 6.07) is 6.17. The Bertz CT molecular complexity index is 846. The van der Waals surface area contributed by atoms with Crippen molar-refractivity contribution in [3.05, 3.63) is 45.4 Å². The van der Waals surface area contributed by atoms with Crippen LogP contribution in [0.1, 0.15) is 15.9 Å². The molecule has 0 fully saturated rings. The number of rotatable bonds is 7. The second-order valence-corrected chi connectivity index (χ2v) is 5.96. The molecule has 0 saturated heterocycles. The molecule has 0 unspecified atom stereocenters. The number of halogens is 2. The van der Waals surface area contributed by atoms with Gasteiger partial charge < -0.3 is 18.9 Å². The molecule has 7 nitrogen and oxygen atoms in total. The normalized spacial score (nSPS) is 10.6. The first kappa shape index (κ1) is 20.7. The summed E-state index contributed by atoms with van der Waals surface area (Å²) in [6.45, 7) is 0. The first-order chi connectivity index (χ1) is 12.9. The van der Waals surface area contributed by atoms with Crippen LogP contribution in [0.3, 0.4) is 0 Å². The van der Waals surface area contributed by atoms with Gasteiger partial charge in [-0.2, -0.15) is 5.10 Å². The van der Waals surface area contributed by atoms with E-state index in [1.165, 1.54) is 46.8 Å². The topological polar surface area (TPSA) is 78.4 Å². The molecule has 1 N–H and O–H groups in total. The second kappa shape index (κ2) is 9.34. The Morgan fingerprint density at radius 1 is 0.926 bits per heavy atom. The molecule has 0 aromatic heterocycles. The Kier molecular flexibility index (Phi) is 7.15. The van der Waals surface area contributed by atoms with Crippen LogP contribution < -0.4 is 24.4 Å².